The normalized spacial score (nSPS) is 10.6. The molecular formula is C21H20O. The van der Waals surface area contributed by atoms with E-state index in [1.807, 2.05) is 30.3 Å². The van der Waals surface area contributed by atoms with Crippen molar-refractivity contribution in [2.45, 2.75) is 12.3 Å². The molecule has 3 aromatic rings. The first kappa shape index (κ1) is 14.4. The Bertz CT molecular complexity index is 623. The van der Waals surface area contributed by atoms with Gasteiger partial charge in [-0.05, 0) is 29.7 Å². The third-order valence-electron chi connectivity index (χ3n) is 3.82. The molecule has 3 aromatic carbocycles. The van der Waals surface area contributed by atoms with E-state index in [1.54, 1.807) is 0 Å². The van der Waals surface area contributed by atoms with E-state index in [2.05, 4.69) is 60.7 Å². The van der Waals surface area contributed by atoms with Crippen LogP contribution in [0.3, 0.4) is 0 Å². The van der Waals surface area contributed by atoms with E-state index in [1.165, 1.54) is 11.1 Å². The van der Waals surface area contributed by atoms with Crippen LogP contribution >= 0.6 is 0 Å². The van der Waals surface area contributed by atoms with Gasteiger partial charge in [-0.1, -0.05) is 78.9 Å². The van der Waals surface area contributed by atoms with Crippen LogP contribution in [-0.2, 0) is 0 Å². The first-order valence-corrected chi connectivity index (χ1v) is 7.71. The van der Waals surface area contributed by atoms with Gasteiger partial charge in [-0.2, -0.15) is 0 Å². The Morgan fingerprint density at radius 1 is 0.591 bits per heavy atom. The fourth-order valence-electron chi connectivity index (χ4n) is 2.71. The van der Waals surface area contributed by atoms with Gasteiger partial charge < -0.3 is 4.74 Å². The van der Waals surface area contributed by atoms with Gasteiger partial charge in [0.1, 0.15) is 5.75 Å². The molecule has 0 aliphatic carbocycles. The van der Waals surface area contributed by atoms with Gasteiger partial charge in [0.25, 0.3) is 0 Å². The highest BCUT2D eigenvalue weighted by Gasteiger charge is 2.13. The highest BCUT2D eigenvalue weighted by atomic mass is 16.5. The molecule has 0 heterocycles. The van der Waals surface area contributed by atoms with Crippen LogP contribution in [0.25, 0.3) is 0 Å². The maximum atomic E-state index is 5.88. The molecule has 1 nitrogen and oxygen atoms in total. The lowest BCUT2D eigenvalue weighted by atomic mass is 9.89. The van der Waals surface area contributed by atoms with Crippen molar-refractivity contribution in [3.05, 3.63) is 102 Å². The Labute approximate surface area is 132 Å². The van der Waals surface area contributed by atoms with Crippen LogP contribution in [-0.4, -0.2) is 6.61 Å². The number of hydrogen-bond donors (Lipinski definition) is 0. The molecule has 3 rings (SSSR count). The summed E-state index contributed by atoms with van der Waals surface area (Å²) in [5.74, 6) is 1.30. The summed E-state index contributed by atoms with van der Waals surface area (Å²) in [6.45, 7) is 0.707. The zero-order valence-electron chi connectivity index (χ0n) is 12.6. The summed E-state index contributed by atoms with van der Waals surface area (Å²) in [7, 11) is 0. The van der Waals surface area contributed by atoms with Crippen molar-refractivity contribution in [3.8, 4) is 5.75 Å². The third-order valence-corrected chi connectivity index (χ3v) is 3.82. The monoisotopic (exact) mass is 288 g/mol. The van der Waals surface area contributed by atoms with Crippen LogP contribution < -0.4 is 4.74 Å². The van der Waals surface area contributed by atoms with Crippen LogP contribution in [0.4, 0.5) is 0 Å². The molecule has 1 heteroatoms. The number of para-hydroxylation sites is 1. The van der Waals surface area contributed by atoms with Crippen molar-refractivity contribution < 1.29 is 4.74 Å². The smallest absolute Gasteiger partial charge is 0.119 e. The number of rotatable bonds is 6. The Kier molecular flexibility index (Phi) is 4.88. The molecule has 22 heavy (non-hydrogen) atoms. The molecule has 0 fully saturated rings. The zero-order chi connectivity index (χ0) is 15.0. The molecule has 0 aromatic heterocycles. The van der Waals surface area contributed by atoms with Crippen LogP contribution in [0.5, 0.6) is 5.75 Å². The van der Waals surface area contributed by atoms with Crippen LogP contribution in [0, 0.1) is 0 Å². The SMILES string of the molecule is c1ccc(OCCC(c2ccccc2)c2ccccc2)cc1. The van der Waals surface area contributed by atoms with Gasteiger partial charge in [0.05, 0.1) is 6.61 Å². The standard InChI is InChI=1S/C21H20O/c1-4-10-18(11-5-1)21(19-12-6-2-7-13-19)16-17-22-20-14-8-3-9-15-20/h1-15,21H,16-17H2. The van der Waals surface area contributed by atoms with Crippen molar-refractivity contribution >= 4 is 0 Å². The maximum Gasteiger partial charge on any atom is 0.119 e. The average molecular weight is 288 g/mol. The van der Waals surface area contributed by atoms with Crippen LogP contribution in [0.15, 0.2) is 91.0 Å². The molecule has 0 saturated heterocycles. The van der Waals surface area contributed by atoms with Crippen molar-refractivity contribution in [1.82, 2.24) is 0 Å². The molecule has 0 bridgehead atoms. The lowest BCUT2D eigenvalue weighted by Crippen LogP contribution is -2.07. The second-order valence-electron chi connectivity index (χ2n) is 5.32. The van der Waals surface area contributed by atoms with Crippen molar-refractivity contribution in [2.24, 2.45) is 0 Å². The Hall–Kier alpha value is -2.54. The third kappa shape index (κ3) is 3.76. The lowest BCUT2D eigenvalue weighted by molar-refractivity contribution is 0.304. The molecule has 0 atom stereocenters. The van der Waals surface area contributed by atoms with Crippen LogP contribution in [0.1, 0.15) is 23.5 Å². The predicted molar refractivity (Wildman–Crippen MR) is 91.3 cm³/mol. The van der Waals surface area contributed by atoms with E-state index in [-0.39, 0.29) is 0 Å². The molecular weight excluding hydrogens is 268 g/mol. The quantitative estimate of drug-likeness (QED) is 0.599. The van der Waals surface area contributed by atoms with Gasteiger partial charge in [0, 0.05) is 5.92 Å². The van der Waals surface area contributed by atoms with E-state index in [0.717, 1.165) is 12.2 Å². The highest BCUT2D eigenvalue weighted by Crippen LogP contribution is 2.28. The van der Waals surface area contributed by atoms with Crippen molar-refractivity contribution in [3.63, 3.8) is 0 Å². The van der Waals surface area contributed by atoms with Gasteiger partial charge in [-0.25, -0.2) is 0 Å². The van der Waals surface area contributed by atoms with E-state index in [4.69, 9.17) is 4.74 Å². The summed E-state index contributed by atoms with van der Waals surface area (Å²) in [6.07, 6.45) is 0.961. The summed E-state index contributed by atoms with van der Waals surface area (Å²) in [5, 5.41) is 0. The van der Waals surface area contributed by atoms with Crippen LogP contribution in [0.2, 0.25) is 0 Å². The largest absolute Gasteiger partial charge is 0.494 e. The molecule has 0 saturated carbocycles. The first-order chi connectivity index (χ1) is 10.9. The minimum absolute atomic E-state index is 0.367. The topological polar surface area (TPSA) is 9.23 Å². The van der Waals surface area contributed by atoms with Crippen molar-refractivity contribution in [1.29, 1.82) is 0 Å². The lowest BCUT2D eigenvalue weighted by Gasteiger charge is -2.18. The van der Waals surface area contributed by atoms with E-state index >= 15 is 0 Å². The molecule has 0 aliphatic heterocycles. The predicted octanol–water partition coefficient (Wildman–Crippen LogP) is 5.29. The summed E-state index contributed by atoms with van der Waals surface area (Å²) in [6, 6.07) is 31.3. The molecule has 0 unspecified atom stereocenters. The fraction of sp³-hybridized carbons (Fsp3) is 0.143. The van der Waals surface area contributed by atoms with Crippen molar-refractivity contribution in [2.75, 3.05) is 6.61 Å². The minimum atomic E-state index is 0.367. The molecule has 0 aliphatic rings. The summed E-state index contributed by atoms with van der Waals surface area (Å²) < 4.78 is 5.88. The summed E-state index contributed by atoms with van der Waals surface area (Å²) in [4.78, 5) is 0. The number of ether oxygens (including phenoxy) is 1. The Morgan fingerprint density at radius 3 is 1.55 bits per heavy atom. The Balaban J connectivity index is 1.72. The van der Waals surface area contributed by atoms with E-state index in [0.29, 0.717) is 12.5 Å². The second kappa shape index (κ2) is 7.46. The maximum absolute atomic E-state index is 5.88. The molecule has 0 spiro atoms. The van der Waals surface area contributed by atoms with Gasteiger partial charge in [0.15, 0.2) is 0 Å². The molecule has 0 radical (unpaired) electrons. The van der Waals surface area contributed by atoms with Gasteiger partial charge >= 0.3 is 0 Å². The Morgan fingerprint density at radius 2 is 1.05 bits per heavy atom. The minimum Gasteiger partial charge on any atom is -0.494 e. The average Bonchev–Trinajstić information content (AvgIpc) is 2.61. The van der Waals surface area contributed by atoms with Gasteiger partial charge in [-0.15, -0.1) is 0 Å². The summed E-state index contributed by atoms with van der Waals surface area (Å²) in [5.41, 5.74) is 2.68. The highest BCUT2D eigenvalue weighted by molar-refractivity contribution is 5.32. The van der Waals surface area contributed by atoms with Gasteiger partial charge in [0.2, 0.25) is 0 Å². The second-order valence-corrected chi connectivity index (χ2v) is 5.32. The molecule has 110 valence electrons. The van der Waals surface area contributed by atoms with E-state index in [9.17, 15) is 0 Å². The number of benzene rings is 3. The zero-order valence-corrected chi connectivity index (χ0v) is 12.6. The first-order valence-electron chi connectivity index (χ1n) is 7.71. The molecule has 0 amide bonds. The molecule has 0 N–H and O–H groups in total. The van der Waals surface area contributed by atoms with E-state index < -0.39 is 0 Å². The fourth-order valence-corrected chi connectivity index (χ4v) is 2.71. The number of hydrogen-bond acceptors (Lipinski definition) is 1. The summed E-state index contributed by atoms with van der Waals surface area (Å²) >= 11 is 0. The van der Waals surface area contributed by atoms with Gasteiger partial charge in [-0.3, -0.25) is 0 Å².